The van der Waals surface area contributed by atoms with E-state index in [1.165, 1.54) is 6.33 Å². The van der Waals surface area contributed by atoms with Crippen molar-refractivity contribution in [3.63, 3.8) is 0 Å². The number of benzene rings is 1. The molecule has 1 saturated heterocycles. The molecule has 5 aromatic rings. The molecule has 1 amide bonds. The van der Waals surface area contributed by atoms with Crippen LogP contribution in [0.1, 0.15) is 0 Å². The Morgan fingerprint density at radius 2 is 2.00 bits per heavy atom. The summed E-state index contributed by atoms with van der Waals surface area (Å²) in [5.41, 5.74) is 2.63. The molecule has 10 heteroatoms. The fraction of sp³-hybridized carbons (Fsp3) is 0.136. The van der Waals surface area contributed by atoms with Crippen molar-refractivity contribution in [1.29, 1.82) is 0 Å². The molecule has 0 radical (unpaired) electrons. The van der Waals surface area contributed by atoms with E-state index in [1.807, 2.05) is 64.8 Å². The smallest absolute Gasteiger partial charge is 0.231 e. The number of aromatic nitrogens is 6. The number of thiazole rings is 1. The van der Waals surface area contributed by atoms with Crippen LogP contribution in [0.15, 0.2) is 72.9 Å². The van der Waals surface area contributed by atoms with Crippen molar-refractivity contribution in [2.24, 2.45) is 5.92 Å². The van der Waals surface area contributed by atoms with E-state index >= 15 is 0 Å². The quantitative estimate of drug-likeness (QED) is 0.450. The van der Waals surface area contributed by atoms with Gasteiger partial charge >= 0.3 is 0 Å². The predicted octanol–water partition coefficient (Wildman–Crippen LogP) is 3.11. The molecule has 1 aromatic carbocycles. The molecule has 0 atom stereocenters. The Balaban J connectivity index is 1.11. The van der Waals surface area contributed by atoms with Gasteiger partial charge in [0.25, 0.3) is 0 Å². The maximum absolute atomic E-state index is 12.8. The van der Waals surface area contributed by atoms with Crippen molar-refractivity contribution < 1.29 is 4.79 Å². The number of fused-ring (bicyclic) bond motifs is 1. The molecule has 0 saturated carbocycles. The highest BCUT2D eigenvalue weighted by atomic mass is 32.1. The molecule has 9 nitrogen and oxygen atoms in total. The Morgan fingerprint density at radius 3 is 2.84 bits per heavy atom. The summed E-state index contributed by atoms with van der Waals surface area (Å²) in [5, 5.41) is 9.24. The van der Waals surface area contributed by atoms with E-state index < -0.39 is 0 Å². The Kier molecular flexibility index (Phi) is 4.43. The van der Waals surface area contributed by atoms with E-state index in [0.29, 0.717) is 18.9 Å². The van der Waals surface area contributed by atoms with Crippen molar-refractivity contribution in [1.82, 2.24) is 29.1 Å². The SMILES string of the molecule is O=C(Nc1cccc(-c2cn3ccsc3n2)c1)C1CN(c2cc(-n3cccn3)ncn2)C1. The lowest BCUT2D eigenvalue weighted by atomic mass is 9.99. The van der Waals surface area contributed by atoms with Crippen LogP contribution in [0.2, 0.25) is 0 Å². The molecule has 0 spiro atoms. The van der Waals surface area contributed by atoms with Crippen molar-refractivity contribution in [3.05, 3.63) is 72.9 Å². The molecule has 1 aliphatic rings. The third-order valence-corrected chi connectivity index (χ3v) is 6.24. The van der Waals surface area contributed by atoms with Gasteiger partial charge in [-0.2, -0.15) is 5.10 Å². The second kappa shape index (κ2) is 7.57. The third-order valence-electron chi connectivity index (χ3n) is 5.47. The monoisotopic (exact) mass is 442 g/mol. The van der Waals surface area contributed by atoms with Gasteiger partial charge in [-0.05, 0) is 18.2 Å². The molecule has 0 aliphatic carbocycles. The average Bonchev–Trinajstić information content (AvgIpc) is 3.51. The second-order valence-corrected chi connectivity index (χ2v) is 8.45. The second-order valence-electron chi connectivity index (χ2n) is 7.58. The first kappa shape index (κ1) is 18.7. The molecule has 0 bridgehead atoms. The minimum Gasteiger partial charge on any atom is -0.355 e. The minimum atomic E-state index is -0.0975. The average molecular weight is 443 g/mol. The molecular weight excluding hydrogens is 424 g/mol. The molecule has 5 heterocycles. The fourth-order valence-corrected chi connectivity index (χ4v) is 4.44. The Hall–Kier alpha value is -4.05. The van der Waals surface area contributed by atoms with Gasteiger partial charge in [-0.1, -0.05) is 12.1 Å². The summed E-state index contributed by atoms with van der Waals surface area (Å²) in [6.07, 6.45) is 9.04. The summed E-state index contributed by atoms with van der Waals surface area (Å²) in [5.74, 6) is 1.39. The molecule has 6 rings (SSSR count). The molecule has 4 aromatic heterocycles. The van der Waals surface area contributed by atoms with E-state index in [1.54, 1.807) is 22.2 Å². The largest absolute Gasteiger partial charge is 0.355 e. The lowest BCUT2D eigenvalue weighted by Crippen LogP contribution is -2.52. The topological polar surface area (TPSA) is 93.2 Å². The normalized spacial score (nSPS) is 13.9. The lowest BCUT2D eigenvalue weighted by molar-refractivity contribution is -0.120. The van der Waals surface area contributed by atoms with Crippen LogP contribution in [0.4, 0.5) is 11.5 Å². The first-order valence-corrected chi connectivity index (χ1v) is 11.0. The number of carbonyl (C=O) groups excluding carboxylic acids is 1. The lowest BCUT2D eigenvalue weighted by Gasteiger charge is -2.39. The van der Waals surface area contributed by atoms with Crippen molar-refractivity contribution in [2.75, 3.05) is 23.3 Å². The van der Waals surface area contributed by atoms with Crippen LogP contribution in [0, 0.1) is 5.92 Å². The van der Waals surface area contributed by atoms with Gasteiger partial charge in [0.2, 0.25) is 5.91 Å². The van der Waals surface area contributed by atoms with Crippen LogP contribution in [0.25, 0.3) is 22.0 Å². The van der Waals surface area contributed by atoms with E-state index in [9.17, 15) is 4.79 Å². The van der Waals surface area contributed by atoms with Crippen LogP contribution >= 0.6 is 11.3 Å². The van der Waals surface area contributed by atoms with Gasteiger partial charge in [-0.3, -0.25) is 9.20 Å². The summed E-state index contributed by atoms with van der Waals surface area (Å²) >= 11 is 1.59. The van der Waals surface area contributed by atoms with Crippen LogP contribution in [-0.2, 0) is 4.79 Å². The summed E-state index contributed by atoms with van der Waals surface area (Å²) in [6.45, 7) is 1.22. The van der Waals surface area contributed by atoms with Crippen LogP contribution in [0.3, 0.4) is 0 Å². The molecular formula is C22H18N8OS. The third kappa shape index (κ3) is 3.40. The molecule has 1 N–H and O–H groups in total. The van der Waals surface area contributed by atoms with Gasteiger partial charge in [0, 0.05) is 60.6 Å². The molecule has 32 heavy (non-hydrogen) atoms. The van der Waals surface area contributed by atoms with E-state index in [4.69, 9.17) is 0 Å². The number of rotatable bonds is 5. The van der Waals surface area contributed by atoms with Crippen LogP contribution < -0.4 is 10.2 Å². The Labute approximate surface area is 187 Å². The highest BCUT2D eigenvalue weighted by Crippen LogP contribution is 2.27. The van der Waals surface area contributed by atoms with Crippen LogP contribution in [-0.4, -0.2) is 48.1 Å². The number of nitrogens with zero attached hydrogens (tertiary/aromatic N) is 7. The highest BCUT2D eigenvalue weighted by molar-refractivity contribution is 7.15. The molecule has 1 fully saturated rings. The number of carbonyl (C=O) groups is 1. The number of amides is 1. The van der Waals surface area contributed by atoms with E-state index in [0.717, 1.165) is 27.7 Å². The summed E-state index contributed by atoms with van der Waals surface area (Å²) in [6, 6.07) is 11.5. The van der Waals surface area contributed by atoms with Gasteiger partial charge in [0.1, 0.15) is 12.1 Å². The van der Waals surface area contributed by atoms with Gasteiger partial charge in [0.05, 0.1) is 11.6 Å². The molecule has 1 aliphatic heterocycles. The Bertz CT molecular complexity index is 1370. The van der Waals surface area contributed by atoms with Crippen molar-refractivity contribution >= 4 is 33.7 Å². The van der Waals surface area contributed by atoms with Crippen molar-refractivity contribution in [2.45, 2.75) is 0 Å². The highest BCUT2D eigenvalue weighted by Gasteiger charge is 2.33. The summed E-state index contributed by atoms with van der Waals surface area (Å²) < 4.78 is 3.69. The first-order chi connectivity index (χ1) is 15.7. The predicted molar refractivity (Wildman–Crippen MR) is 122 cm³/mol. The number of hydrogen-bond donors (Lipinski definition) is 1. The standard InChI is InChI=1S/C22H18N8OS/c31-21(16-11-29(12-16)19-10-20(24-14-23-19)30-6-2-5-25-30)26-17-4-1-3-15(9-17)18-13-28-7-8-32-22(28)27-18/h1-10,13-14,16H,11-12H2,(H,26,31). The number of hydrogen-bond acceptors (Lipinski definition) is 7. The number of imidazole rings is 1. The zero-order chi connectivity index (χ0) is 21.5. The van der Waals surface area contributed by atoms with Gasteiger partial charge in [-0.25, -0.2) is 19.6 Å². The summed E-state index contributed by atoms with van der Waals surface area (Å²) in [4.78, 5) is 29.0. The van der Waals surface area contributed by atoms with E-state index in [2.05, 4.69) is 30.3 Å². The number of nitrogens with one attached hydrogen (secondary N) is 1. The fourth-order valence-electron chi connectivity index (χ4n) is 3.74. The molecule has 0 unspecified atom stereocenters. The molecule has 158 valence electrons. The zero-order valence-corrected chi connectivity index (χ0v) is 17.7. The van der Waals surface area contributed by atoms with Gasteiger partial charge in [0.15, 0.2) is 10.8 Å². The Morgan fingerprint density at radius 1 is 1.09 bits per heavy atom. The zero-order valence-electron chi connectivity index (χ0n) is 16.9. The van der Waals surface area contributed by atoms with Gasteiger partial charge < -0.3 is 10.2 Å². The number of anilines is 2. The maximum Gasteiger partial charge on any atom is 0.231 e. The minimum absolute atomic E-state index is 0.00517. The summed E-state index contributed by atoms with van der Waals surface area (Å²) in [7, 11) is 0. The van der Waals surface area contributed by atoms with Crippen LogP contribution in [0.5, 0.6) is 0 Å². The first-order valence-electron chi connectivity index (χ1n) is 10.1. The van der Waals surface area contributed by atoms with E-state index in [-0.39, 0.29) is 11.8 Å². The van der Waals surface area contributed by atoms with Gasteiger partial charge in [-0.15, -0.1) is 11.3 Å². The maximum atomic E-state index is 12.8. The van der Waals surface area contributed by atoms with Crippen molar-refractivity contribution in [3.8, 4) is 17.1 Å².